The van der Waals surface area contributed by atoms with Crippen LogP contribution in [0.15, 0.2) is 58.3 Å². The molecule has 5 nitrogen and oxygen atoms in total. The van der Waals surface area contributed by atoms with E-state index in [4.69, 9.17) is 0 Å². The Kier molecular flexibility index (Phi) is 4.31. The molecule has 2 aromatic carbocycles. The van der Waals surface area contributed by atoms with Gasteiger partial charge in [-0.05, 0) is 30.3 Å². The van der Waals surface area contributed by atoms with E-state index in [9.17, 15) is 15.0 Å². The van der Waals surface area contributed by atoms with Gasteiger partial charge in [0.05, 0.1) is 16.0 Å². The van der Waals surface area contributed by atoms with Crippen molar-refractivity contribution in [1.82, 2.24) is 4.98 Å². The molecule has 0 aliphatic rings. The Bertz CT molecular complexity index is 908. The number of aromatic nitrogens is 1. The highest BCUT2D eigenvalue weighted by molar-refractivity contribution is 7.99. The molecule has 0 saturated carbocycles. The fourth-order valence-corrected chi connectivity index (χ4v) is 3.36. The summed E-state index contributed by atoms with van der Waals surface area (Å²) >= 11 is 1.19. The zero-order valence-electron chi connectivity index (χ0n) is 13.2. The topological polar surface area (TPSA) is 73.7 Å². The van der Waals surface area contributed by atoms with E-state index >= 15 is 0 Å². The lowest BCUT2D eigenvalue weighted by Gasteiger charge is -2.14. The van der Waals surface area contributed by atoms with Crippen LogP contribution >= 0.6 is 11.8 Å². The van der Waals surface area contributed by atoms with Crippen LogP contribution in [0.25, 0.3) is 10.9 Å². The first-order valence-electron chi connectivity index (χ1n) is 7.27. The van der Waals surface area contributed by atoms with Crippen molar-refractivity contribution in [2.45, 2.75) is 9.79 Å². The minimum atomic E-state index is -1.09. The smallest absolute Gasteiger partial charge is 0.337 e. The molecule has 0 atom stereocenters. The number of carboxylic acid groups (broad SMARTS) is 1. The summed E-state index contributed by atoms with van der Waals surface area (Å²) in [5.41, 5.74) is 1.57. The molecule has 0 spiro atoms. The predicted molar refractivity (Wildman–Crippen MR) is 95.3 cm³/mol. The second-order valence-corrected chi connectivity index (χ2v) is 6.54. The molecule has 0 aliphatic heterocycles. The molecule has 0 amide bonds. The van der Waals surface area contributed by atoms with Gasteiger partial charge in [-0.25, -0.2) is 9.78 Å². The quantitative estimate of drug-likeness (QED) is 0.751. The molecule has 1 heterocycles. The van der Waals surface area contributed by atoms with E-state index in [1.165, 1.54) is 11.8 Å². The van der Waals surface area contributed by atoms with Crippen LogP contribution in [-0.4, -0.2) is 35.3 Å². The highest BCUT2D eigenvalue weighted by Gasteiger charge is 2.21. The summed E-state index contributed by atoms with van der Waals surface area (Å²) in [7, 11) is 3.90. The van der Waals surface area contributed by atoms with Crippen molar-refractivity contribution in [2.75, 3.05) is 19.0 Å². The molecule has 122 valence electrons. The summed E-state index contributed by atoms with van der Waals surface area (Å²) < 4.78 is 0. The van der Waals surface area contributed by atoms with Crippen molar-refractivity contribution >= 4 is 34.3 Å². The Balaban J connectivity index is 2.10. The maximum atomic E-state index is 11.8. The number of aromatic hydroxyl groups is 1. The van der Waals surface area contributed by atoms with Crippen molar-refractivity contribution in [3.8, 4) is 5.88 Å². The van der Waals surface area contributed by atoms with E-state index < -0.39 is 5.97 Å². The van der Waals surface area contributed by atoms with Gasteiger partial charge in [-0.1, -0.05) is 30.0 Å². The van der Waals surface area contributed by atoms with Gasteiger partial charge >= 0.3 is 5.97 Å². The molecule has 3 aromatic rings. The van der Waals surface area contributed by atoms with E-state index in [-0.39, 0.29) is 16.3 Å². The van der Waals surface area contributed by atoms with Gasteiger partial charge in [0.2, 0.25) is 5.88 Å². The van der Waals surface area contributed by atoms with E-state index in [0.29, 0.717) is 10.9 Å². The summed E-state index contributed by atoms with van der Waals surface area (Å²) in [6.07, 6.45) is 0. The molecule has 0 fully saturated rings. The van der Waals surface area contributed by atoms with Crippen LogP contribution in [0.1, 0.15) is 10.4 Å². The Morgan fingerprint density at radius 1 is 1.08 bits per heavy atom. The average Bonchev–Trinajstić information content (AvgIpc) is 2.55. The van der Waals surface area contributed by atoms with Gasteiger partial charge in [0, 0.05) is 30.1 Å². The van der Waals surface area contributed by atoms with E-state index in [1.807, 2.05) is 43.3 Å². The number of para-hydroxylation sites is 1. The summed E-state index contributed by atoms with van der Waals surface area (Å²) in [6.45, 7) is 0. The fourth-order valence-electron chi connectivity index (χ4n) is 2.42. The number of anilines is 1. The largest absolute Gasteiger partial charge is 0.492 e. The average molecular weight is 340 g/mol. The van der Waals surface area contributed by atoms with Gasteiger partial charge < -0.3 is 15.1 Å². The molecule has 24 heavy (non-hydrogen) atoms. The number of rotatable bonds is 4. The van der Waals surface area contributed by atoms with Gasteiger partial charge in [-0.15, -0.1) is 0 Å². The van der Waals surface area contributed by atoms with Crippen LogP contribution in [0.3, 0.4) is 0 Å². The third-order valence-electron chi connectivity index (χ3n) is 3.62. The van der Waals surface area contributed by atoms with Gasteiger partial charge in [-0.2, -0.15) is 0 Å². The molecule has 3 rings (SSSR count). The van der Waals surface area contributed by atoms with Crippen LogP contribution in [0.5, 0.6) is 5.88 Å². The summed E-state index contributed by atoms with van der Waals surface area (Å²) in [6, 6.07) is 14.6. The van der Waals surface area contributed by atoms with Crippen LogP contribution in [0.4, 0.5) is 5.69 Å². The minimum absolute atomic E-state index is 0.0692. The number of hydrogen-bond donors (Lipinski definition) is 2. The van der Waals surface area contributed by atoms with E-state index in [2.05, 4.69) is 4.98 Å². The first-order valence-corrected chi connectivity index (χ1v) is 8.09. The van der Waals surface area contributed by atoms with Crippen LogP contribution < -0.4 is 4.90 Å². The van der Waals surface area contributed by atoms with E-state index in [1.54, 1.807) is 24.3 Å². The van der Waals surface area contributed by atoms with Gasteiger partial charge in [0.15, 0.2) is 0 Å². The highest BCUT2D eigenvalue weighted by Crippen LogP contribution is 2.39. The Labute approximate surface area is 143 Å². The number of hydrogen-bond acceptors (Lipinski definition) is 5. The normalized spacial score (nSPS) is 10.8. The third kappa shape index (κ3) is 3.00. The molecule has 0 bridgehead atoms. The molecular formula is C18H16N2O3S. The summed E-state index contributed by atoms with van der Waals surface area (Å²) in [5.74, 6) is -1.36. The lowest BCUT2D eigenvalue weighted by atomic mass is 10.1. The lowest BCUT2D eigenvalue weighted by molar-refractivity contribution is 0.0694. The Morgan fingerprint density at radius 2 is 1.75 bits per heavy atom. The predicted octanol–water partition coefficient (Wildman–Crippen LogP) is 3.86. The number of aromatic carboxylic acids is 1. The second kappa shape index (κ2) is 6.41. The van der Waals surface area contributed by atoms with Crippen molar-refractivity contribution < 1.29 is 15.0 Å². The first-order chi connectivity index (χ1) is 11.5. The number of carboxylic acids is 1. The number of carbonyl (C=O) groups is 1. The zero-order valence-corrected chi connectivity index (χ0v) is 14.0. The van der Waals surface area contributed by atoms with Gasteiger partial charge in [0.25, 0.3) is 0 Å². The van der Waals surface area contributed by atoms with E-state index in [0.717, 1.165) is 10.6 Å². The van der Waals surface area contributed by atoms with Crippen molar-refractivity contribution in [1.29, 1.82) is 0 Å². The van der Waals surface area contributed by atoms with Crippen LogP contribution in [0.2, 0.25) is 0 Å². The van der Waals surface area contributed by atoms with Crippen molar-refractivity contribution in [3.63, 3.8) is 0 Å². The minimum Gasteiger partial charge on any atom is -0.492 e. The monoisotopic (exact) mass is 340 g/mol. The Morgan fingerprint density at radius 3 is 2.38 bits per heavy atom. The molecule has 6 heteroatoms. The summed E-state index contributed by atoms with van der Waals surface area (Å²) in [4.78, 5) is 18.9. The molecular weight excluding hydrogens is 324 g/mol. The van der Waals surface area contributed by atoms with Crippen molar-refractivity contribution in [2.24, 2.45) is 0 Å². The Hall–Kier alpha value is -2.73. The number of pyridine rings is 1. The number of fused-ring (bicyclic) bond motifs is 1. The number of benzene rings is 2. The van der Waals surface area contributed by atoms with Crippen LogP contribution in [-0.2, 0) is 0 Å². The summed E-state index contributed by atoms with van der Waals surface area (Å²) in [5, 5.41) is 20.4. The van der Waals surface area contributed by atoms with Crippen molar-refractivity contribution in [3.05, 3.63) is 54.1 Å². The molecule has 0 aliphatic carbocycles. The molecule has 0 saturated heterocycles. The fraction of sp³-hybridized carbons (Fsp3) is 0.111. The standard InChI is InChI=1S/C18H16N2O3S/c1-20(2)11-7-9-12(10-8-11)24-16-15(18(22)23)13-5-3-4-6-14(13)19-17(16)21/h3-10H,1-2H3,(H,19,21)(H,22,23). The van der Waals surface area contributed by atoms with Gasteiger partial charge in [-0.3, -0.25) is 0 Å². The lowest BCUT2D eigenvalue weighted by Crippen LogP contribution is -2.07. The number of nitrogens with zero attached hydrogens (tertiary/aromatic N) is 2. The van der Waals surface area contributed by atoms with Gasteiger partial charge in [0.1, 0.15) is 0 Å². The second-order valence-electron chi connectivity index (χ2n) is 5.45. The molecule has 2 N–H and O–H groups in total. The molecule has 0 unspecified atom stereocenters. The maximum Gasteiger partial charge on any atom is 0.337 e. The third-order valence-corrected chi connectivity index (χ3v) is 4.72. The SMILES string of the molecule is CN(C)c1ccc(Sc2c(O)nc3ccccc3c2C(=O)O)cc1. The highest BCUT2D eigenvalue weighted by atomic mass is 32.2. The molecule has 1 aromatic heterocycles. The zero-order chi connectivity index (χ0) is 17.3. The molecule has 0 radical (unpaired) electrons. The maximum absolute atomic E-state index is 11.8. The first kappa shape index (κ1) is 16.1. The van der Waals surface area contributed by atoms with Crippen LogP contribution in [0, 0.1) is 0 Å².